The second-order valence-corrected chi connectivity index (χ2v) is 6.43. The highest BCUT2D eigenvalue weighted by atomic mass is 79.9. The maximum Gasteiger partial charge on any atom is 0.135 e. The highest BCUT2D eigenvalue weighted by molar-refractivity contribution is 9.10. The normalized spacial score (nSPS) is 15.9. The van der Waals surface area contributed by atoms with Crippen LogP contribution in [-0.4, -0.2) is 9.97 Å². The van der Waals surface area contributed by atoms with Crippen molar-refractivity contribution in [3.63, 3.8) is 0 Å². The van der Waals surface area contributed by atoms with Gasteiger partial charge in [-0.2, -0.15) is 0 Å². The second-order valence-electron chi connectivity index (χ2n) is 5.13. The molecule has 5 heteroatoms. The Labute approximate surface area is 131 Å². The number of rotatable bonds is 4. The van der Waals surface area contributed by atoms with Crippen LogP contribution in [0, 0.1) is 0 Å². The minimum Gasteiger partial charge on any atom is -0.363 e. The lowest BCUT2D eigenvalue weighted by molar-refractivity contribution is 0.853. The van der Waals surface area contributed by atoms with E-state index in [-0.39, 0.29) is 6.04 Å². The van der Waals surface area contributed by atoms with E-state index in [2.05, 4.69) is 50.3 Å². The van der Waals surface area contributed by atoms with Gasteiger partial charge in [-0.15, -0.1) is 0 Å². The fourth-order valence-electron chi connectivity index (χ4n) is 2.11. The number of hydrogen-bond acceptors (Lipinski definition) is 3. The molecule has 1 heterocycles. The Bertz CT molecular complexity index is 628. The summed E-state index contributed by atoms with van der Waals surface area (Å²) in [5, 5.41) is 3.90. The van der Waals surface area contributed by atoms with E-state index in [1.807, 2.05) is 12.1 Å². The van der Waals surface area contributed by atoms with E-state index in [4.69, 9.17) is 11.6 Å². The molecule has 0 amide bonds. The van der Waals surface area contributed by atoms with E-state index in [9.17, 15) is 0 Å². The van der Waals surface area contributed by atoms with Gasteiger partial charge in [-0.3, -0.25) is 0 Å². The molecule has 3 rings (SSSR count). The third-order valence-corrected chi connectivity index (χ3v) is 4.05. The van der Waals surface area contributed by atoms with Crippen LogP contribution in [0.15, 0.2) is 34.8 Å². The molecule has 3 nitrogen and oxygen atoms in total. The zero-order valence-electron chi connectivity index (χ0n) is 11.1. The van der Waals surface area contributed by atoms with Crippen molar-refractivity contribution in [2.45, 2.75) is 31.7 Å². The van der Waals surface area contributed by atoms with Crippen LogP contribution in [0.25, 0.3) is 0 Å². The number of nitrogens with zero attached hydrogens (tertiary/aromatic N) is 2. The van der Waals surface area contributed by atoms with Gasteiger partial charge >= 0.3 is 0 Å². The van der Waals surface area contributed by atoms with Crippen LogP contribution in [0.2, 0.25) is 5.15 Å². The van der Waals surface area contributed by atoms with E-state index in [1.54, 1.807) is 6.07 Å². The molecule has 0 radical (unpaired) electrons. The smallest absolute Gasteiger partial charge is 0.135 e. The summed E-state index contributed by atoms with van der Waals surface area (Å²) in [6.07, 6.45) is 2.34. The third-order valence-electron chi connectivity index (χ3n) is 3.37. The minimum absolute atomic E-state index is 0.158. The third kappa shape index (κ3) is 3.30. The summed E-state index contributed by atoms with van der Waals surface area (Å²) in [5.74, 6) is 2.15. The molecule has 1 aliphatic rings. The van der Waals surface area contributed by atoms with E-state index < -0.39 is 0 Å². The van der Waals surface area contributed by atoms with Crippen LogP contribution in [0.4, 0.5) is 5.82 Å². The van der Waals surface area contributed by atoms with Gasteiger partial charge in [-0.1, -0.05) is 39.7 Å². The van der Waals surface area contributed by atoms with Gasteiger partial charge in [0.15, 0.2) is 0 Å². The summed E-state index contributed by atoms with van der Waals surface area (Å²) < 4.78 is 1.07. The van der Waals surface area contributed by atoms with E-state index in [1.165, 1.54) is 18.4 Å². The summed E-state index contributed by atoms with van der Waals surface area (Å²) in [5.41, 5.74) is 1.20. The highest BCUT2D eigenvalue weighted by Crippen LogP contribution is 2.39. The molecule has 1 N–H and O–H groups in total. The quantitative estimate of drug-likeness (QED) is 0.792. The first kappa shape index (κ1) is 13.8. The molecule has 1 aromatic carbocycles. The molecule has 0 saturated heterocycles. The maximum absolute atomic E-state index is 6.08. The fraction of sp³-hybridized carbons (Fsp3) is 0.333. The van der Waals surface area contributed by atoms with Crippen molar-refractivity contribution in [3.05, 3.63) is 51.3 Å². The maximum atomic E-state index is 6.08. The summed E-state index contributed by atoms with van der Waals surface area (Å²) in [6.45, 7) is 2.11. The second kappa shape index (κ2) is 5.70. The Morgan fingerprint density at radius 3 is 2.80 bits per heavy atom. The molecule has 1 unspecified atom stereocenters. The van der Waals surface area contributed by atoms with Crippen molar-refractivity contribution in [1.82, 2.24) is 9.97 Å². The lowest BCUT2D eigenvalue weighted by Crippen LogP contribution is -2.09. The minimum atomic E-state index is 0.158. The molecule has 1 fully saturated rings. The standard InChI is InChI=1S/C15H15BrClN3/c1-9(11-3-2-4-12(16)7-11)18-14-8-13(17)19-15(20-14)10-5-6-10/h2-4,7-10H,5-6H2,1H3,(H,18,19,20). The van der Waals surface area contributed by atoms with Crippen molar-refractivity contribution in [3.8, 4) is 0 Å². The topological polar surface area (TPSA) is 37.8 Å². The van der Waals surface area contributed by atoms with Crippen molar-refractivity contribution in [2.24, 2.45) is 0 Å². The molecule has 20 heavy (non-hydrogen) atoms. The van der Waals surface area contributed by atoms with Gasteiger partial charge < -0.3 is 5.32 Å². The molecule has 0 bridgehead atoms. The molecule has 104 valence electrons. The molecule has 1 aromatic heterocycles. The van der Waals surface area contributed by atoms with Gasteiger partial charge in [0.2, 0.25) is 0 Å². The average molecular weight is 353 g/mol. The van der Waals surface area contributed by atoms with Gasteiger partial charge in [-0.25, -0.2) is 9.97 Å². The molecular weight excluding hydrogens is 338 g/mol. The number of halogens is 2. The van der Waals surface area contributed by atoms with Crippen molar-refractivity contribution in [1.29, 1.82) is 0 Å². The lowest BCUT2D eigenvalue weighted by Gasteiger charge is -2.16. The van der Waals surface area contributed by atoms with Gasteiger partial charge in [0.25, 0.3) is 0 Å². The Balaban J connectivity index is 1.80. The van der Waals surface area contributed by atoms with Crippen LogP contribution in [0.1, 0.15) is 43.1 Å². The molecule has 1 aliphatic carbocycles. The number of aromatic nitrogens is 2. The van der Waals surface area contributed by atoms with Crippen LogP contribution in [0.3, 0.4) is 0 Å². The van der Waals surface area contributed by atoms with E-state index >= 15 is 0 Å². The molecule has 0 spiro atoms. The number of hydrogen-bond donors (Lipinski definition) is 1. The molecule has 0 aliphatic heterocycles. The average Bonchev–Trinajstić information content (AvgIpc) is 3.22. The Hall–Kier alpha value is -1.13. The molecule has 1 atom stereocenters. The predicted molar refractivity (Wildman–Crippen MR) is 85.2 cm³/mol. The fourth-order valence-corrected chi connectivity index (χ4v) is 2.72. The highest BCUT2D eigenvalue weighted by Gasteiger charge is 2.27. The SMILES string of the molecule is CC(Nc1cc(Cl)nc(C2CC2)n1)c1cccc(Br)c1. The molecular formula is C15H15BrClN3. The predicted octanol–water partition coefficient (Wildman–Crippen LogP) is 4.94. The summed E-state index contributed by atoms with van der Waals surface area (Å²) in [7, 11) is 0. The Morgan fingerprint density at radius 2 is 2.10 bits per heavy atom. The monoisotopic (exact) mass is 351 g/mol. The van der Waals surface area contributed by atoms with Crippen molar-refractivity contribution in [2.75, 3.05) is 5.32 Å². The summed E-state index contributed by atoms with van der Waals surface area (Å²) >= 11 is 9.57. The van der Waals surface area contributed by atoms with Crippen LogP contribution >= 0.6 is 27.5 Å². The van der Waals surface area contributed by atoms with Gasteiger partial charge in [0.05, 0.1) is 0 Å². The summed E-state index contributed by atoms with van der Waals surface area (Å²) in [6, 6.07) is 10.2. The first-order valence-electron chi connectivity index (χ1n) is 6.68. The number of nitrogens with one attached hydrogen (secondary N) is 1. The van der Waals surface area contributed by atoms with Crippen LogP contribution in [-0.2, 0) is 0 Å². The lowest BCUT2D eigenvalue weighted by atomic mass is 10.1. The Morgan fingerprint density at radius 1 is 1.30 bits per heavy atom. The summed E-state index contributed by atoms with van der Waals surface area (Å²) in [4.78, 5) is 8.86. The largest absolute Gasteiger partial charge is 0.363 e. The van der Waals surface area contributed by atoms with Gasteiger partial charge in [0.1, 0.15) is 16.8 Å². The zero-order valence-corrected chi connectivity index (χ0v) is 13.4. The first-order chi connectivity index (χ1) is 9.61. The van der Waals surface area contributed by atoms with Gasteiger partial charge in [0, 0.05) is 22.5 Å². The van der Waals surface area contributed by atoms with Crippen molar-refractivity contribution >= 4 is 33.3 Å². The Kier molecular flexibility index (Phi) is 3.94. The van der Waals surface area contributed by atoms with Crippen LogP contribution < -0.4 is 5.32 Å². The van der Waals surface area contributed by atoms with E-state index in [0.717, 1.165) is 16.1 Å². The molecule has 1 saturated carbocycles. The zero-order chi connectivity index (χ0) is 14.1. The van der Waals surface area contributed by atoms with Gasteiger partial charge in [-0.05, 0) is 37.5 Å². The number of anilines is 1. The number of benzene rings is 1. The van der Waals surface area contributed by atoms with E-state index in [0.29, 0.717) is 11.1 Å². The van der Waals surface area contributed by atoms with Crippen LogP contribution in [0.5, 0.6) is 0 Å². The first-order valence-corrected chi connectivity index (χ1v) is 7.85. The molecule has 2 aromatic rings. The van der Waals surface area contributed by atoms with Crippen molar-refractivity contribution < 1.29 is 0 Å².